The predicted molar refractivity (Wildman–Crippen MR) is 135 cm³/mol. The zero-order chi connectivity index (χ0) is 24.2. The van der Waals surface area contributed by atoms with Crippen molar-refractivity contribution in [3.63, 3.8) is 0 Å². The number of hydrogen-bond acceptors (Lipinski definition) is 4. The van der Waals surface area contributed by atoms with Crippen LogP contribution in [-0.4, -0.2) is 29.8 Å². The van der Waals surface area contributed by atoms with Gasteiger partial charge < -0.3 is 9.47 Å². The molecule has 1 aliphatic rings. The minimum absolute atomic E-state index is 0.00936. The van der Waals surface area contributed by atoms with Crippen LogP contribution in [-0.2, 0) is 19.1 Å². The normalized spacial score (nSPS) is 23.5. The summed E-state index contributed by atoms with van der Waals surface area (Å²) < 4.78 is 10.3. The van der Waals surface area contributed by atoms with Crippen LogP contribution in [0.2, 0.25) is 0 Å². The maximum Gasteiger partial charge on any atom is 0.305 e. The Bertz CT molecular complexity index is 762. The predicted octanol–water partition coefficient (Wildman–Crippen LogP) is 7.48. The minimum atomic E-state index is -0.249. The standard InChI is InChI=1S/C27H38Cl2O4/c1-4-5-8-12-25(33-19(2)30)20-14-16-21(17-15-20)27-22(23(28)18-24(27)29)11-9-6-7-10-13-26(31)32-3/h6,9,14-17,22-25,27H,4-5,7-8,10-13,18H2,1-3H3/b9-6-/t22-,23?,24+,25?,27?/m0/s1. The molecule has 0 heterocycles. The van der Waals surface area contributed by atoms with Gasteiger partial charge in [0.1, 0.15) is 6.10 Å². The molecule has 2 rings (SSSR count). The van der Waals surface area contributed by atoms with Gasteiger partial charge in [-0.2, -0.15) is 0 Å². The van der Waals surface area contributed by atoms with E-state index in [0.717, 1.165) is 56.9 Å². The van der Waals surface area contributed by atoms with Gasteiger partial charge in [0.15, 0.2) is 0 Å². The zero-order valence-corrected chi connectivity index (χ0v) is 21.6. The number of ether oxygens (including phenoxy) is 2. The second-order valence-electron chi connectivity index (χ2n) is 8.89. The van der Waals surface area contributed by atoms with Gasteiger partial charge in [-0.3, -0.25) is 9.59 Å². The van der Waals surface area contributed by atoms with Crippen molar-refractivity contribution in [3.05, 3.63) is 47.5 Å². The van der Waals surface area contributed by atoms with Crippen molar-refractivity contribution in [2.75, 3.05) is 7.11 Å². The van der Waals surface area contributed by atoms with Gasteiger partial charge in [-0.05, 0) is 55.6 Å². The molecule has 0 saturated heterocycles. The first kappa shape index (κ1) is 27.7. The lowest BCUT2D eigenvalue weighted by molar-refractivity contribution is -0.147. The lowest BCUT2D eigenvalue weighted by Crippen LogP contribution is -2.16. The third kappa shape index (κ3) is 8.98. The third-order valence-electron chi connectivity index (χ3n) is 6.39. The summed E-state index contributed by atoms with van der Waals surface area (Å²) in [6.07, 6.45) is 11.9. The van der Waals surface area contributed by atoms with Crippen LogP contribution in [0.4, 0.5) is 0 Å². The second kappa shape index (κ2) is 14.7. The molecule has 33 heavy (non-hydrogen) atoms. The molecule has 6 heteroatoms. The van der Waals surface area contributed by atoms with E-state index in [1.807, 2.05) is 0 Å². The maximum absolute atomic E-state index is 11.6. The van der Waals surface area contributed by atoms with E-state index in [4.69, 9.17) is 27.9 Å². The van der Waals surface area contributed by atoms with Gasteiger partial charge in [0, 0.05) is 30.0 Å². The molecule has 4 nitrogen and oxygen atoms in total. The summed E-state index contributed by atoms with van der Waals surface area (Å²) >= 11 is 13.4. The number of esters is 2. The second-order valence-corrected chi connectivity index (χ2v) is 10.0. The summed E-state index contributed by atoms with van der Waals surface area (Å²) in [4.78, 5) is 22.8. The smallest absolute Gasteiger partial charge is 0.305 e. The van der Waals surface area contributed by atoms with Crippen LogP contribution in [0.1, 0.15) is 94.8 Å². The van der Waals surface area contributed by atoms with Gasteiger partial charge in [0.2, 0.25) is 0 Å². The lowest BCUT2D eigenvalue weighted by Gasteiger charge is -2.24. The summed E-state index contributed by atoms with van der Waals surface area (Å²) in [6.45, 7) is 3.63. The molecule has 5 atom stereocenters. The molecular formula is C27H38Cl2O4. The van der Waals surface area contributed by atoms with Crippen LogP contribution < -0.4 is 0 Å². The van der Waals surface area contributed by atoms with Crippen LogP contribution in [0.3, 0.4) is 0 Å². The Morgan fingerprint density at radius 3 is 2.45 bits per heavy atom. The quantitative estimate of drug-likeness (QED) is 0.123. The van der Waals surface area contributed by atoms with E-state index in [9.17, 15) is 9.59 Å². The van der Waals surface area contributed by atoms with E-state index >= 15 is 0 Å². The number of alkyl halides is 2. The summed E-state index contributed by atoms with van der Waals surface area (Å²) in [6, 6.07) is 8.38. The van der Waals surface area contributed by atoms with Crippen molar-refractivity contribution in [3.8, 4) is 0 Å². The molecule has 3 unspecified atom stereocenters. The number of carbonyl (C=O) groups is 2. The highest BCUT2D eigenvalue weighted by molar-refractivity contribution is 6.25. The average molecular weight is 498 g/mol. The maximum atomic E-state index is 11.6. The fourth-order valence-corrected chi connectivity index (χ4v) is 5.69. The van der Waals surface area contributed by atoms with E-state index in [-0.39, 0.29) is 40.6 Å². The van der Waals surface area contributed by atoms with Crippen LogP contribution >= 0.6 is 23.2 Å². The SMILES string of the molecule is CCCCCC(OC(C)=O)c1ccc(C2[C@@H](C/C=C\CCCC(=O)OC)C(Cl)C[C@H]2Cl)cc1. The molecule has 0 aromatic heterocycles. The third-order valence-corrected chi connectivity index (χ3v) is 7.34. The van der Waals surface area contributed by atoms with Crippen molar-refractivity contribution in [2.24, 2.45) is 5.92 Å². The molecular weight excluding hydrogens is 459 g/mol. The molecule has 0 N–H and O–H groups in total. The molecule has 0 amide bonds. The van der Waals surface area contributed by atoms with Crippen LogP contribution in [0.5, 0.6) is 0 Å². The minimum Gasteiger partial charge on any atom is -0.469 e. The number of halogens is 2. The van der Waals surface area contributed by atoms with Crippen molar-refractivity contribution in [1.82, 2.24) is 0 Å². The van der Waals surface area contributed by atoms with Crippen molar-refractivity contribution in [1.29, 1.82) is 0 Å². The van der Waals surface area contributed by atoms with Gasteiger partial charge in [0.05, 0.1) is 7.11 Å². The van der Waals surface area contributed by atoms with Crippen molar-refractivity contribution in [2.45, 2.75) is 94.4 Å². The van der Waals surface area contributed by atoms with E-state index in [2.05, 4.69) is 48.1 Å². The summed E-state index contributed by atoms with van der Waals surface area (Å²) in [5, 5.41) is 0.0182. The van der Waals surface area contributed by atoms with E-state index in [1.54, 1.807) is 0 Å². The van der Waals surface area contributed by atoms with Gasteiger partial charge in [-0.1, -0.05) is 56.2 Å². The Kier molecular flexibility index (Phi) is 12.3. The molecule has 0 bridgehead atoms. The zero-order valence-electron chi connectivity index (χ0n) is 20.1. The van der Waals surface area contributed by atoms with E-state index < -0.39 is 0 Å². The first-order valence-electron chi connectivity index (χ1n) is 12.1. The number of unbranched alkanes of at least 4 members (excludes halogenated alkanes) is 3. The Hall–Kier alpha value is -1.52. The van der Waals surface area contributed by atoms with Crippen LogP contribution in [0.25, 0.3) is 0 Å². The molecule has 0 radical (unpaired) electrons. The molecule has 1 aromatic carbocycles. The largest absolute Gasteiger partial charge is 0.469 e. The number of carbonyl (C=O) groups excluding carboxylic acids is 2. The molecule has 0 spiro atoms. The van der Waals surface area contributed by atoms with Gasteiger partial charge in [0.25, 0.3) is 0 Å². The first-order chi connectivity index (χ1) is 15.9. The fraction of sp³-hybridized carbons (Fsp3) is 0.630. The Balaban J connectivity index is 2.03. The molecule has 1 aliphatic carbocycles. The highest BCUT2D eigenvalue weighted by atomic mass is 35.5. The van der Waals surface area contributed by atoms with Crippen molar-refractivity contribution < 1.29 is 19.1 Å². The Morgan fingerprint density at radius 2 is 1.82 bits per heavy atom. The molecule has 184 valence electrons. The number of methoxy groups -OCH3 is 1. The molecule has 1 aromatic rings. The topological polar surface area (TPSA) is 52.6 Å². The van der Waals surface area contributed by atoms with E-state index in [1.165, 1.54) is 19.6 Å². The van der Waals surface area contributed by atoms with Gasteiger partial charge >= 0.3 is 11.9 Å². The Morgan fingerprint density at radius 1 is 1.09 bits per heavy atom. The summed E-state index contributed by atoms with van der Waals surface area (Å²) in [7, 11) is 1.41. The molecule has 0 aliphatic heterocycles. The number of benzene rings is 1. The number of rotatable bonds is 13. The fourth-order valence-electron chi connectivity index (χ4n) is 4.62. The van der Waals surface area contributed by atoms with E-state index in [0.29, 0.717) is 6.42 Å². The Labute approximate surface area is 209 Å². The van der Waals surface area contributed by atoms with Crippen LogP contribution in [0.15, 0.2) is 36.4 Å². The number of hydrogen-bond donors (Lipinski definition) is 0. The highest BCUT2D eigenvalue weighted by Gasteiger charge is 2.41. The number of allylic oxidation sites excluding steroid dienone is 2. The van der Waals surface area contributed by atoms with Crippen molar-refractivity contribution >= 4 is 35.1 Å². The van der Waals surface area contributed by atoms with Gasteiger partial charge in [-0.25, -0.2) is 0 Å². The average Bonchev–Trinajstić information content (AvgIpc) is 3.07. The van der Waals surface area contributed by atoms with Gasteiger partial charge in [-0.15, -0.1) is 23.2 Å². The van der Waals surface area contributed by atoms with Crippen LogP contribution in [0, 0.1) is 5.92 Å². The molecule has 1 saturated carbocycles. The monoisotopic (exact) mass is 496 g/mol. The molecule has 1 fully saturated rings. The lowest BCUT2D eigenvalue weighted by atomic mass is 9.85. The highest BCUT2D eigenvalue weighted by Crippen LogP contribution is 2.47. The first-order valence-corrected chi connectivity index (χ1v) is 13.0. The summed E-state index contributed by atoms with van der Waals surface area (Å²) in [5.74, 6) is 0.0105. The summed E-state index contributed by atoms with van der Waals surface area (Å²) in [5.41, 5.74) is 2.21.